The second-order valence-corrected chi connectivity index (χ2v) is 17.2. The zero-order valence-corrected chi connectivity index (χ0v) is 30.4. The molecule has 7 rings (SSSR count). The minimum atomic E-state index is -4.12. The van der Waals surface area contributed by atoms with Crippen molar-refractivity contribution in [2.75, 3.05) is 38.3 Å². The van der Waals surface area contributed by atoms with Gasteiger partial charge in [0.15, 0.2) is 0 Å². The van der Waals surface area contributed by atoms with Crippen LogP contribution in [0, 0.1) is 17.8 Å². The Hall–Kier alpha value is -3.37. The molecule has 2 aliphatic heterocycles. The molecule has 50 heavy (non-hydrogen) atoms. The number of nitrogens with zero attached hydrogens (tertiary/aromatic N) is 1. The molecule has 2 N–H and O–H groups in total. The SMILES string of the molecule is CO[C@@]1(CO)/C=C/C[C@H](C)[C@H](Cc2ccccc2)S(=O)(=O)NC(=O)c2ccc3c(c2)N(C[C@@H]2CC[C@H]21)C[C@@]1(CCCc2cc(Cl)ccc21)CO3. The number of hydrogen-bond donors (Lipinski definition) is 2. The van der Waals surface area contributed by atoms with Crippen molar-refractivity contribution in [3.63, 3.8) is 0 Å². The number of aryl methyl sites for hydroxylation is 1. The Morgan fingerprint density at radius 3 is 2.66 bits per heavy atom. The zero-order chi connectivity index (χ0) is 35.1. The number of carbonyl (C=O) groups excluding carboxylic acids is 1. The molecule has 0 radical (unpaired) electrons. The molecule has 0 aromatic heterocycles. The van der Waals surface area contributed by atoms with Crippen LogP contribution in [0.2, 0.25) is 5.02 Å². The van der Waals surface area contributed by atoms with Crippen molar-refractivity contribution in [2.24, 2.45) is 17.8 Å². The number of benzene rings is 3. The Morgan fingerprint density at radius 2 is 1.92 bits per heavy atom. The minimum absolute atomic E-state index is 0.0494. The summed E-state index contributed by atoms with van der Waals surface area (Å²) >= 11 is 6.45. The van der Waals surface area contributed by atoms with Crippen LogP contribution in [0.1, 0.15) is 66.1 Å². The fourth-order valence-electron chi connectivity index (χ4n) is 8.91. The highest BCUT2D eigenvalue weighted by molar-refractivity contribution is 7.90. The monoisotopic (exact) mass is 718 g/mol. The van der Waals surface area contributed by atoms with Crippen molar-refractivity contribution in [3.05, 3.63) is 106 Å². The van der Waals surface area contributed by atoms with Crippen LogP contribution >= 0.6 is 11.6 Å². The van der Waals surface area contributed by atoms with Gasteiger partial charge < -0.3 is 19.5 Å². The number of halogens is 1. The molecule has 1 spiro atoms. The number of methoxy groups -OCH3 is 1. The number of aliphatic hydroxyl groups is 1. The van der Waals surface area contributed by atoms with E-state index in [-0.39, 0.29) is 41.8 Å². The summed E-state index contributed by atoms with van der Waals surface area (Å²) in [5.41, 5.74) is 3.17. The topological polar surface area (TPSA) is 105 Å². The van der Waals surface area contributed by atoms with E-state index in [0.717, 1.165) is 48.4 Å². The molecule has 6 atom stereocenters. The number of allylic oxidation sites excluding steroid dienone is 1. The maximum absolute atomic E-state index is 14.1. The van der Waals surface area contributed by atoms with Gasteiger partial charge in [0.05, 0.1) is 24.2 Å². The first-order valence-electron chi connectivity index (χ1n) is 17.8. The molecule has 1 saturated carbocycles. The summed E-state index contributed by atoms with van der Waals surface area (Å²) in [7, 11) is -2.47. The van der Waals surface area contributed by atoms with Crippen molar-refractivity contribution >= 4 is 33.2 Å². The number of carbonyl (C=O) groups is 1. The molecule has 266 valence electrons. The first kappa shape index (κ1) is 35.1. The fraction of sp³-hybridized carbons (Fsp3) is 0.475. The molecule has 0 saturated heterocycles. The number of hydrogen-bond acceptors (Lipinski definition) is 7. The molecule has 10 heteroatoms. The van der Waals surface area contributed by atoms with E-state index in [1.165, 1.54) is 11.1 Å². The van der Waals surface area contributed by atoms with Gasteiger partial charge in [-0.05, 0) is 110 Å². The lowest BCUT2D eigenvalue weighted by molar-refractivity contribution is -0.103. The molecule has 3 aromatic rings. The third kappa shape index (κ3) is 6.58. The van der Waals surface area contributed by atoms with Crippen LogP contribution in [0.25, 0.3) is 0 Å². The Bertz CT molecular complexity index is 1860. The van der Waals surface area contributed by atoms with Gasteiger partial charge in [0, 0.05) is 36.2 Å². The first-order valence-corrected chi connectivity index (χ1v) is 19.7. The number of ether oxygens (including phenoxy) is 2. The van der Waals surface area contributed by atoms with E-state index in [9.17, 15) is 18.3 Å². The third-order valence-corrected chi connectivity index (χ3v) is 14.0. The molecular weight excluding hydrogens is 672 g/mol. The maximum atomic E-state index is 14.1. The van der Waals surface area contributed by atoms with Crippen molar-refractivity contribution in [2.45, 2.75) is 68.1 Å². The predicted octanol–water partition coefficient (Wildman–Crippen LogP) is 6.48. The lowest BCUT2D eigenvalue weighted by Crippen LogP contribution is -2.54. The quantitative estimate of drug-likeness (QED) is 0.298. The molecule has 1 fully saturated rings. The largest absolute Gasteiger partial charge is 0.490 e. The second kappa shape index (κ2) is 14.0. The standard InChI is InChI=1S/C40H47ClN2O6S/c1-27-8-6-19-40(25-44,48-2)34-15-12-31(34)23-43-24-39(18-7-11-29-21-32(41)14-16-33(29)39)26-49-36-17-13-30(22-35(36)43)38(45)42-50(46,47)37(27)20-28-9-4-3-5-10-28/h3-6,9-10,13-14,16-17,19,21-22,27,31,34,37,44H,7-8,11-12,15,18,20,23-26H2,1-2H3,(H,42,45)/b19-6+/t27-,31-,34+,37-,39-,40+/m0/s1. The summed E-state index contributed by atoms with van der Waals surface area (Å²) in [6.45, 7) is 3.52. The smallest absolute Gasteiger partial charge is 0.264 e. The third-order valence-electron chi connectivity index (χ3n) is 11.9. The van der Waals surface area contributed by atoms with Gasteiger partial charge in [-0.15, -0.1) is 0 Å². The number of sulfonamides is 1. The van der Waals surface area contributed by atoms with Gasteiger partial charge in [-0.1, -0.05) is 67.1 Å². The van der Waals surface area contributed by atoms with Gasteiger partial charge in [0.2, 0.25) is 10.0 Å². The first-order chi connectivity index (χ1) is 24.1. The van der Waals surface area contributed by atoms with E-state index in [1.807, 2.05) is 55.5 Å². The van der Waals surface area contributed by atoms with Crippen molar-refractivity contribution in [1.29, 1.82) is 0 Å². The summed E-state index contributed by atoms with van der Waals surface area (Å²) in [5, 5.41) is 10.7. The minimum Gasteiger partial charge on any atom is -0.490 e. The molecule has 0 unspecified atom stereocenters. The van der Waals surface area contributed by atoms with E-state index < -0.39 is 26.8 Å². The average molecular weight is 719 g/mol. The number of amides is 1. The Balaban J connectivity index is 1.32. The Kier molecular flexibility index (Phi) is 9.80. The van der Waals surface area contributed by atoms with E-state index in [4.69, 9.17) is 21.1 Å². The summed E-state index contributed by atoms with van der Waals surface area (Å²) in [6.07, 6.45) is 9.37. The van der Waals surface area contributed by atoms with Gasteiger partial charge in [-0.2, -0.15) is 0 Å². The van der Waals surface area contributed by atoms with Crippen LogP contribution in [-0.4, -0.2) is 63.7 Å². The summed E-state index contributed by atoms with van der Waals surface area (Å²) in [6, 6.07) is 20.9. The van der Waals surface area contributed by atoms with Crippen LogP contribution < -0.4 is 14.4 Å². The molecule has 2 heterocycles. The second-order valence-electron chi connectivity index (χ2n) is 14.9. The number of nitrogens with one attached hydrogen (secondary N) is 1. The lowest BCUT2D eigenvalue weighted by atomic mass is 9.64. The fourth-order valence-corrected chi connectivity index (χ4v) is 10.8. The summed E-state index contributed by atoms with van der Waals surface area (Å²) in [4.78, 5) is 16.2. The highest BCUT2D eigenvalue weighted by Gasteiger charge is 2.49. The molecule has 1 amide bonds. The summed E-state index contributed by atoms with van der Waals surface area (Å²) in [5.74, 6) is -0.0757. The molecule has 3 aromatic carbocycles. The van der Waals surface area contributed by atoms with Gasteiger partial charge >= 0.3 is 0 Å². The Labute approximate surface area is 300 Å². The van der Waals surface area contributed by atoms with Crippen molar-refractivity contribution in [1.82, 2.24) is 4.72 Å². The van der Waals surface area contributed by atoms with Crippen LogP contribution in [-0.2, 0) is 33.0 Å². The van der Waals surface area contributed by atoms with E-state index in [1.54, 1.807) is 25.3 Å². The number of aliphatic hydroxyl groups excluding tert-OH is 1. The molecule has 2 bridgehead atoms. The van der Waals surface area contributed by atoms with Crippen LogP contribution in [0.15, 0.2) is 78.9 Å². The van der Waals surface area contributed by atoms with Crippen LogP contribution in [0.4, 0.5) is 5.69 Å². The van der Waals surface area contributed by atoms with Crippen LogP contribution in [0.3, 0.4) is 0 Å². The molecular formula is C40H47ClN2O6S. The highest BCUT2D eigenvalue weighted by atomic mass is 35.5. The van der Waals surface area contributed by atoms with E-state index in [2.05, 4.69) is 21.8 Å². The van der Waals surface area contributed by atoms with Crippen molar-refractivity contribution < 1.29 is 27.8 Å². The molecule has 2 aliphatic carbocycles. The average Bonchev–Trinajstić information content (AvgIpc) is 3.24. The highest BCUT2D eigenvalue weighted by Crippen LogP contribution is 2.49. The molecule has 4 aliphatic rings. The number of anilines is 1. The van der Waals surface area contributed by atoms with Gasteiger partial charge in [-0.25, -0.2) is 13.1 Å². The van der Waals surface area contributed by atoms with E-state index >= 15 is 0 Å². The van der Waals surface area contributed by atoms with E-state index in [0.29, 0.717) is 31.9 Å². The molecule has 8 nitrogen and oxygen atoms in total. The normalized spacial score (nSPS) is 31.3. The maximum Gasteiger partial charge on any atom is 0.264 e. The Morgan fingerprint density at radius 1 is 1.10 bits per heavy atom. The number of rotatable bonds is 4. The lowest BCUT2D eigenvalue weighted by Gasteiger charge is -2.50. The van der Waals surface area contributed by atoms with Crippen LogP contribution in [0.5, 0.6) is 5.75 Å². The number of fused-ring (bicyclic) bond motifs is 4. The van der Waals surface area contributed by atoms with Gasteiger partial charge in [-0.3, -0.25) is 4.79 Å². The predicted molar refractivity (Wildman–Crippen MR) is 196 cm³/mol. The van der Waals surface area contributed by atoms with Gasteiger partial charge in [0.25, 0.3) is 5.91 Å². The summed E-state index contributed by atoms with van der Waals surface area (Å²) < 4.78 is 43.4. The zero-order valence-electron chi connectivity index (χ0n) is 28.8. The van der Waals surface area contributed by atoms with Crippen molar-refractivity contribution in [3.8, 4) is 5.75 Å². The van der Waals surface area contributed by atoms with Gasteiger partial charge in [0.1, 0.15) is 11.4 Å².